The van der Waals surface area contributed by atoms with E-state index >= 15 is 0 Å². The molecule has 84 valence electrons. The fourth-order valence-corrected chi connectivity index (χ4v) is 3.74. The molecule has 1 rings (SSSR count). The largest absolute Gasteiger partial charge is 0.374 e. The van der Waals surface area contributed by atoms with E-state index in [9.17, 15) is 8.42 Å². The molecule has 0 N–H and O–H groups in total. The molecule has 0 aromatic rings. The van der Waals surface area contributed by atoms with E-state index in [0.29, 0.717) is 6.61 Å². The van der Waals surface area contributed by atoms with Crippen molar-refractivity contribution in [2.75, 3.05) is 12.4 Å². The molecule has 0 saturated heterocycles. The molecule has 1 fully saturated rings. The summed E-state index contributed by atoms with van der Waals surface area (Å²) in [5.41, 5.74) is -0.506. The Morgan fingerprint density at radius 2 is 1.86 bits per heavy atom. The van der Waals surface area contributed by atoms with Crippen molar-refractivity contribution in [1.82, 2.24) is 0 Å². The average Bonchev–Trinajstić information content (AvgIpc) is 2.02. The van der Waals surface area contributed by atoms with E-state index in [1.165, 1.54) is 0 Å². The van der Waals surface area contributed by atoms with Crippen molar-refractivity contribution >= 4 is 19.7 Å². The molecule has 1 aliphatic carbocycles. The van der Waals surface area contributed by atoms with Gasteiger partial charge < -0.3 is 4.74 Å². The summed E-state index contributed by atoms with van der Waals surface area (Å²) in [6, 6.07) is 0. The van der Waals surface area contributed by atoms with Crippen molar-refractivity contribution in [2.45, 2.75) is 44.6 Å². The molecule has 0 unspecified atom stereocenters. The molecule has 1 saturated carbocycles. The van der Waals surface area contributed by atoms with Gasteiger partial charge in [0, 0.05) is 17.3 Å². The van der Waals surface area contributed by atoms with Crippen LogP contribution in [0.15, 0.2) is 0 Å². The second kappa shape index (κ2) is 4.81. The summed E-state index contributed by atoms with van der Waals surface area (Å²) in [5.74, 6) is -0.0462. The van der Waals surface area contributed by atoms with Crippen LogP contribution in [0.4, 0.5) is 0 Å². The molecule has 0 heterocycles. The van der Waals surface area contributed by atoms with Gasteiger partial charge in [-0.25, -0.2) is 8.42 Å². The van der Waals surface area contributed by atoms with Gasteiger partial charge in [-0.15, -0.1) is 0 Å². The van der Waals surface area contributed by atoms with Crippen LogP contribution in [-0.2, 0) is 13.8 Å². The van der Waals surface area contributed by atoms with Crippen LogP contribution in [0.1, 0.15) is 39.0 Å². The Hall–Kier alpha value is 0.200. The lowest BCUT2D eigenvalue weighted by molar-refractivity contribution is -0.0469. The van der Waals surface area contributed by atoms with Crippen LogP contribution in [0.3, 0.4) is 0 Å². The molecular formula is C9H17ClO3S. The SMILES string of the molecule is CCOC1(CS(=O)(=O)Cl)CCCCC1. The fraction of sp³-hybridized carbons (Fsp3) is 1.00. The predicted molar refractivity (Wildman–Crippen MR) is 57.1 cm³/mol. The second-order valence-electron chi connectivity index (χ2n) is 3.86. The van der Waals surface area contributed by atoms with Gasteiger partial charge in [0.05, 0.1) is 11.4 Å². The second-order valence-corrected chi connectivity index (χ2v) is 6.64. The van der Waals surface area contributed by atoms with E-state index in [-0.39, 0.29) is 5.75 Å². The Kier molecular flexibility index (Phi) is 4.22. The van der Waals surface area contributed by atoms with Crippen LogP contribution in [0, 0.1) is 0 Å². The van der Waals surface area contributed by atoms with Crippen molar-refractivity contribution in [3.05, 3.63) is 0 Å². The summed E-state index contributed by atoms with van der Waals surface area (Å²) >= 11 is 0. The van der Waals surface area contributed by atoms with Gasteiger partial charge in [0.1, 0.15) is 0 Å². The summed E-state index contributed by atoms with van der Waals surface area (Å²) in [6.07, 6.45) is 4.86. The van der Waals surface area contributed by atoms with Crippen molar-refractivity contribution in [1.29, 1.82) is 0 Å². The fourth-order valence-electron chi connectivity index (χ4n) is 2.15. The summed E-state index contributed by atoms with van der Waals surface area (Å²) in [6.45, 7) is 2.43. The third-order valence-corrected chi connectivity index (χ3v) is 3.85. The lowest BCUT2D eigenvalue weighted by atomic mass is 9.86. The van der Waals surface area contributed by atoms with Crippen molar-refractivity contribution in [2.24, 2.45) is 0 Å². The molecule has 3 nitrogen and oxygen atoms in total. The summed E-state index contributed by atoms with van der Waals surface area (Å²) in [5, 5.41) is 0. The quantitative estimate of drug-likeness (QED) is 0.709. The number of hydrogen-bond donors (Lipinski definition) is 0. The third-order valence-electron chi connectivity index (χ3n) is 2.65. The monoisotopic (exact) mass is 240 g/mol. The topological polar surface area (TPSA) is 43.4 Å². The first kappa shape index (κ1) is 12.3. The van der Waals surface area contributed by atoms with E-state index in [4.69, 9.17) is 15.4 Å². The van der Waals surface area contributed by atoms with Gasteiger partial charge in [-0.05, 0) is 19.8 Å². The average molecular weight is 241 g/mol. The Labute approximate surface area is 90.2 Å². The molecular weight excluding hydrogens is 224 g/mol. The smallest absolute Gasteiger partial charge is 0.235 e. The summed E-state index contributed by atoms with van der Waals surface area (Å²) in [4.78, 5) is 0. The minimum absolute atomic E-state index is 0.0462. The lowest BCUT2D eigenvalue weighted by Gasteiger charge is -2.35. The van der Waals surface area contributed by atoms with Gasteiger partial charge in [-0.1, -0.05) is 19.3 Å². The molecule has 0 aromatic heterocycles. The van der Waals surface area contributed by atoms with E-state index in [2.05, 4.69) is 0 Å². The van der Waals surface area contributed by atoms with E-state index < -0.39 is 14.7 Å². The van der Waals surface area contributed by atoms with Gasteiger partial charge in [0.25, 0.3) is 0 Å². The van der Waals surface area contributed by atoms with Crippen LogP contribution in [0.2, 0.25) is 0 Å². The maximum absolute atomic E-state index is 11.1. The molecule has 0 aromatic carbocycles. The molecule has 5 heteroatoms. The molecule has 0 radical (unpaired) electrons. The molecule has 0 bridgehead atoms. The Balaban J connectivity index is 2.70. The third kappa shape index (κ3) is 3.75. The van der Waals surface area contributed by atoms with E-state index in [1.54, 1.807) is 0 Å². The molecule has 1 aliphatic rings. The van der Waals surface area contributed by atoms with Gasteiger partial charge in [-0.3, -0.25) is 0 Å². The van der Waals surface area contributed by atoms with Crippen molar-refractivity contribution in [3.8, 4) is 0 Å². The van der Waals surface area contributed by atoms with Crippen LogP contribution in [0.25, 0.3) is 0 Å². The number of rotatable bonds is 4. The Bertz CT molecular complexity index is 262. The zero-order valence-electron chi connectivity index (χ0n) is 8.46. The number of ether oxygens (including phenoxy) is 1. The standard InChI is InChI=1S/C9H17ClO3S/c1-2-13-9(8-14(10,11)12)6-4-3-5-7-9/h2-8H2,1H3. The molecule has 0 aliphatic heterocycles. The van der Waals surface area contributed by atoms with Gasteiger partial charge in [0.2, 0.25) is 9.05 Å². The first-order chi connectivity index (χ1) is 6.47. The first-order valence-corrected chi connectivity index (χ1v) is 7.52. The first-order valence-electron chi connectivity index (χ1n) is 5.04. The van der Waals surface area contributed by atoms with Crippen LogP contribution in [0.5, 0.6) is 0 Å². The lowest BCUT2D eigenvalue weighted by Crippen LogP contribution is -2.41. The minimum Gasteiger partial charge on any atom is -0.374 e. The maximum Gasteiger partial charge on any atom is 0.235 e. The zero-order chi connectivity index (χ0) is 10.7. The van der Waals surface area contributed by atoms with Crippen molar-refractivity contribution < 1.29 is 13.2 Å². The van der Waals surface area contributed by atoms with E-state index in [1.807, 2.05) is 6.92 Å². The van der Waals surface area contributed by atoms with Crippen molar-refractivity contribution in [3.63, 3.8) is 0 Å². The zero-order valence-corrected chi connectivity index (χ0v) is 10.0. The highest BCUT2D eigenvalue weighted by Gasteiger charge is 2.36. The predicted octanol–water partition coefficient (Wildman–Crippen LogP) is 2.29. The highest BCUT2D eigenvalue weighted by atomic mass is 35.7. The van der Waals surface area contributed by atoms with Crippen LogP contribution < -0.4 is 0 Å². The normalized spacial score (nSPS) is 22.1. The maximum atomic E-state index is 11.1. The van der Waals surface area contributed by atoms with Gasteiger partial charge in [-0.2, -0.15) is 0 Å². The van der Waals surface area contributed by atoms with E-state index in [0.717, 1.165) is 32.1 Å². The highest BCUT2D eigenvalue weighted by Crippen LogP contribution is 2.33. The number of halogens is 1. The summed E-state index contributed by atoms with van der Waals surface area (Å²) in [7, 11) is 1.83. The Morgan fingerprint density at radius 1 is 1.29 bits per heavy atom. The van der Waals surface area contributed by atoms with Crippen LogP contribution in [-0.4, -0.2) is 26.4 Å². The highest BCUT2D eigenvalue weighted by molar-refractivity contribution is 8.13. The molecule has 0 amide bonds. The Morgan fingerprint density at radius 3 is 2.29 bits per heavy atom. The number of hydrogen-bond acceptors (Lipinski definition) is 3. The molecule has 14 heavy (non-hydrogen) atoms. The van der Waals surface area contributed by atoms with Gasteiger partial charge >= 0.3 is 0 Å². The molecule has 0 atom stereocenters. The van der Waals surface area contributed by atoms with Gasteiger partial charge in [0.15, 0.2) is 0 Å². The minimum atomic E-state index is -3.46. The van der Waals surface area contributed by atoms with Crippen LogP contribution >= 0.6 is 10.7 Å². The molecule has 0 spiro atoms. The summed E-state index contributed by atoms with van der Waals surface area (Å²) < 4.78 is 27.7.